The van der Waals surface area contributed by atoms with Gasteiger partial charge in [0.15, 0.2) is 0 Å². The molecule has 1 aromatic heterocycles. The molecule has 0 N–H and O–H groups in total. The van der Waals surface area contributed by atoms with Crippen LogP contribution >= 0.6 is 11.3 Å². The fraction of sp³-hybridized carbons (Fsp3) is 0.524. The Labute approximate surface area is 164 Å². The minimum atomic E-state index is -0.0300. The molecule has 2 aliphatic rings. The largest absolute Gasteiger partial charge is 0.378 e. The van der Waals surface area contributed by atoms with E-state index < -0.39 is 0 Å². The van der Waals surface area contributed by atoms with Crippen LogP contribution in [-0.2, 0) is 22.3 Å². The summed E-state index contributed by atoms with van der Waals surface area (Å²) in [5.74, 6) is 0.753. The Hall–Kier alpha value is -1.76. The van der Waals surface area contributed by atoms with E-state index in [1.165, 1.54) is 18.4 Å². The molecule has 2 heterocycles. The molecule has 1 atom stereocenters. The second-order valence-electron chi connectivity index (χ2n) is 7.34. The fourth-order valence-electron chi connectivity index (χ4n) is 3.24. The van der Waals surface area contributed by atoms with Gasteiger partial charge in [-0.25, -0.2) is 4.98 Å². The molecule has 0 bridgehead atoms. The lowest BCUT2D eigenvalue weighted by molar-refractivity contribution is -0.0629. The summed E-state index contributed by atoms with van der Waals surface area (Å²) in [5, 5.41) is 2.90. The Kier molecular flexibility index (Phi) is 6.17. The zero-order valence-corrected chi connectivity index (χ0v) is 16.3. The molecule has 1 aliphatic carbocycles. The normalized spacial score (nSPS) is 20.0. The minimum Gasteiger partial charge on any atom is -0.378 e. The zero-order valence-electron chi connectivity index (χ0n) is 15.5. The van der Waals surface area contributed by atoms with Crippen molar-refractivity contribution in [3.8, 4) is 0 Å². The molecule has 144 valence electrons. The summed E-state index contributed by atoms with van der Waals surface area (Å²) in [6.45, 7) is 3.16. The van der Waals surface area contributed by atoms with Gasteiger partial charge >= 0.3 is 0 Å². The average molecular weight is 387 g/mol. The molecule has 0 spiro atoms. The maximum atomic E-state index is 12.8. The van der Waals surface area contributed by atoms with E-state index in [0.717, 1.165) is 30.4 Å². The molecule has 1 saturated carbocycles. The number of ether oxygens (including phenoxy) is 2. The Balaban J connectivity index is 1.27. The summed E-state index contributed by atoms with van der Waals surface area (Å²) < 4.78 is 11.5. The van der Waals surface area contributed by atoms with Crippen molar-refractivity contribution in [2.45, 2.75) is 31.8 Å². The first-order valence-electron chi connectivity index (χ1n) is 9.75. The van der Waals surface area contributed by atoms with Crippen LogP contribution in [0, 0.1) is 5.92 Å². The van der Waals surface area contributed by atoms with Gasteiger partial charge in [0.05, 0.1) is 24.3 Å². The highest BCUT2D eigenvalue weighted by Crippen LogP contribution is 2.28. The quantitative estimate of drug-likeness (QED) is 0.699. The van der Waals surface area contributed by atoms with E-state index in [0.29, 0.717) is 32.0 Å². The highest BCUT2D eigenvalue weighted by atomic mass is 32.1. The van der Waals surface area contributed by atoms with Crippen molar-refractivity contribution >= 4 is 17.2 Å². The topological polar surface area (TPSA) is 51.7 Å². The van der Waals surface area contributed by atoms with Crippen LogP contribution in [0.5, 0.6) is 0 Å². The van der Waals surface area contributed by atoms with Gasteiger partial charge in [-0.1, -0.05) is 30.3 Å². The lowest BCUT2D eigenvalue weighted by Crippen LogP contribution is -2.47. The molecule has 0 unspecified atom stereocenters. The van der Waals surface area contributed by atoms with E-state index in [9.17, 15) is 4.79 Å². The van der Waals surface area contributed by atoms with Crippen LogP contribution in [0.2, 0.25) is 0 Å². The Bertz CT molecular complexity index is 745. The Morgan fingerprint density at radius 2 is 2.07 bits per heavy atom. The van der Waals surface area contributed by atoms with Crippen LogP contribution in [0.15, 0.2) is 35.7 Å². The summed E-state index contributed by atoms with van der Waals surface area (Å²) in [6, 6.07) is 10.4. The molecule has 2 fully saturated rings. The maximum Gasteiger partial charge on any atom is 0.273 e. The zero-order chi connectivity index (χ0) is 18.5. The van der Waals surface area contributed by atoms with E-state index in [1.54, 1.807) is 11.3 Å². The molecule has 1 aliphatic heterocycles. The standard InChI is InChI=1S/C21H26N2O3S/c24-21(23-10-11-26-18(12-23)14-25-13-17-6-7-17)19-15-27-20(22-19)9-8-16-4-2-1-3-5-16/h1-5,15,17-18H,6-14H2/t18-/m1/s1. The van der Waals surface area contributed by atoms with Crippen molar-refractivity contribution in [3.63, 3.8) is 0 Å². The van der Waals surface area contributed by atoms with Crippen molar-refractivity contribution in [3.05, 3.63) is 52.0 Å². The molecule has 27 heavy (non-hydrogen) atoms. The maximum absolute atomic E-state index is 12.8. The van der Waals surface area contributed by atoms with Gasteiger partial charge in [0.25, 0.3) is 5.91 Å². The van der Waals surface area contributed by atoms with Crippen molar-refractivity contribution in [1.82, 2.24) is 9.88 Å². The summed E-state index contributed by atoms with van der Waals surface area (Å²) in [6.07, 6.45) is 4.35. The predicted octanol–water partition coefficient (Wildman–Crippen LogP) is 3.20. The third kappa shape index (κ3) is 5.37. The first-order chi connectivity index (χ1) is 13.3. The number of aryl methyl sites for hydroxylation is 2. The predicted molar refractivity (Wildman–Crippen MR) is 105 cm³/mol. The highest BCUT2D eigenvalue weighted by Gasteiger charge is 2.27. The highest BCUT2D eigenvalue weighted by molar-refractivity contribution is 7.09. The van der Waals surface area contributed by atoms with Crippen molar-refractivity contribution in [1.29, 1.82) is 0 Å². The van der Waals surface area contributed by atoms with Crippen LogP contribution in [0.1, 0.15) is 33.9 Å². The molecule has 4 rings (SSSR count). The molecule has 1 saturated heterocycles. The minimum absolute atomic E-state index is 0.00713. The van der Waals surface area contributed by atoms with Gasteiger partial charge in [0, 0.05) is 31.5 Å². The summed E-state index contributed by atoms with van der Waals surface area (Å²) in [7, 11) is 0. The van der Waals surface area contributed by atoms with E-state index in [2.05, 4.69) is 29.2 Å². The first-order valence-corrected chi connectivity index (χ1v) is 10.6. The third-order valence-electron chi connectivity index (χ3n) is 5.02. The van der Waals surface area contributed by atoms with E-state index in [4.69, 9.17) is 9.47 Å². The fourth-order valence-corrected chi connectivity index (χ4v) is 4.01. The number of morpholine rings is 1. The van der Waals surface area contributed by atoms with E-state index in [1.807, 2.05) is 16.3 Å². The molecule has 6 heteroatoms. The molecule has 1 aromatic carbocycles. The second-order valence-corrected chi connectivity index (χ2v) is 8.28. The van der Waals surface area contributed by atoms with Gasteiger partial charge in [-0.15, -0.1) is 11.3 Å². The smallest absolute Gasteiger partial charge is 0.273 e. The molecule has 2 aromatic rings. The number of amides is 1. The van der Waals surface area contributed by atoms with Crippen molar-refractivity contribution in [2.24, 2.45) is 5.92 Å². The van der Waals surface area contributed by atoms with Crippen LogP contribution in [0.4, 0.5) is 0 Å². The lowest BCUT2D eigenvalue weighted by atomic mass is 10.1. The number of aromatic nitrogens is 1. The van der Waals surface area contributed by atoms with Gasteiger partial charge in [-0.05, 0) is 30.7 Å². The number of carbonyl (C=O) groups excluding carboxylic acids is 1. The summed E-state index contributed by atoms with van der Waals surface area (Å²) in [5.41, 5.74) is 1.85. The van der Waals surface area contributed by atoms with Gasteiger partial charge in [0.2, 0.25) is 0 Å². The SMILES string of the molecule is O=C(c1csc(CCc2ccccc2)n1)N1CCO[C@@H](COCC2CC2)C1. The van der Waals surface area contributed by atoms with Crippen molar-refractivity contribution in [2.75, 3.05) is 32.9 Å². The van der Waals surface area contributed by atoms with E-state index in [-0.39, 0.29) is 12.0 Å². The number of rotatable bonds is 8. The first kappa shape index (κ1) is 18.6. The van der Waals surface area contributed by atoms with Crippen LogP contribution in [0.25, 0.3) is 0 Å². The summed E-state index contributed by atoms with van der Waals surface area (Å²) >= 11 is 1.57. The van der Waals surface area contributed by atoms with E-state index >= 15 is 0 Å². The van der Waals surface area contributed by atoms with Crippen LogP contribution in [-0.4, -0.2) is 54.8 Å². The molecular weight excluding hydrogens is 360 g/mol. The number of hydrogen-bond acceptors (Lipinski definition) is 5. The van der Waals surface area contributed by atoms with Gasteiger partial charge in [-0.3, -0.25) is 4.79 Å². The number of nitrogens with zero attached hydrogens (tertiary/aromatic N) is 2. The van der Waals surface area contributed by atoms with Gasteiger partial charge < -0.3 is 14.4 Å². The number of hydrogen-bond donors (Lipinski definition) is 0. The monoisotopic (exact) mass is 386 g/mol. The molecule has 5 nitrogen and oxygen atoms in total. The molecule has 0 radical (unpaired) electrons. The van der Waals surface area contributed by atoms with Gasteiger partial charge in [-0.2, -0.15) is 0 Å². The Morgan fingerprint density at radius 3 is 2.89 bits per heavy atom. The summed E-state index contributed by atoms with van der Waals surface area (Å²) in [4.78, 5) is 19.2. The number of benzene rings is 1. The third-order valence-corrected chi connectivity index (χ3v) is 5.93. The van der Waals surface area contributed by atoms with Crippen molar-refractivity contribution < 1.29 is 14.3 Å². The number of carbonyl (C=O) groups is 1. The Morgan fingerprint density at radius 1 is 1.22 bits per heavy atom. The van der Waals surface area contributed by atoms with Crippen LogP contribution in [0.3, 0.4) is 0 Å². The number of thiazole rings is 1. The molecule has 1 amide bonds. The molecular formula is C21H26N2O3S. The average Bonchev–Trinajstić information content (AvgIpc) is 3.41. The lowest BCUT2D eigenvalue weighted by Gasteiger charge is -2.32. The van der Waals surface area contributed by atoms with Gasteiger partial charge in [0.1, 0.15) is 5.69 Å². The second kappa shape index (κ2) is 8.95. The van der Waals surface area contributed by atoms with Crippen LogP contribution < -0.4 is 0 Å².